The van der Waals surface area contributed by atoms with Crippen LogP contribution in [0.3, 0.4) is 0 Å². The molecule has 1 aromatic rings. The topological polar surface area (TPSA) is 98.7 Å². The second-order valence-electron chi connectivity index (χ2n) is 5.22. The van der Waals surface area contributed by atoms with Crippen molar-refractivity contribution < 1.29 is 14.3 Å². The Morgan fingerprint density at radius 2 is 2.19 bits per heavy atom. The van der Waals surface area contributed by atoms with Crippen molar-refractivity contribution in [3.8, 4) is 5.75 Å². The Kier molecular flexibility index (Phi) is 5.16. The second-order valence-corrected chi connectivity index (χ2v) is 5.22. The molecule has 1 aromatic carbocycles. The van der Waals surface area contributed by atoms with Crippen molar-refractivity contribution in [1.29, 1.82) is 0 Å². The van der Waals surface area contributed by atoms with Gasteiger partial charge in [-0.25, -0.2) is 0 Å². The lowest BCUT2D eigenvalue weighted by molar-refractivity contribution is -0.136. The van der Waals surface area contributed by atoms with Gasteiger partial charge in [-0.15, -0.1) is 0 Å². The number of carbonyl (C=O) groups is 2. The van der Waals surface area contributed by atoms with Crippen molar-refractivity contribution in [2.75, 3.05) is 19.7 Å². The Morgan fingerprint density at radius 3 is 2.90 bits per heavy atom. The largest absolute Gasteiger partial charge is 0.484 e. The van der Waals surface area contributed by atoms with E-state index in [0.29, 0.717) is 25.4 Å². The van der Waals surface area contributed by atoms with Crippen molar-refractivity contribution in [3.63, 3.8) is 0 Å². The lowest BCUT2D eigenvalue weighted by Gasteiger charge is -2.31. The molecule has 114 valence electrons. The summed E-state index contributed by atoms with van der Waals surface area (Å²) in [5.74, 6) is -0.0961. The van der Waals surface area contributed by atoms with E-state index < -0.39 is 0 Å². The van der Waals surface area contributed by atoms with Gasteiger partial charge in [0.25, 0.3) is 5.91 Å². The Bertz CT molecular complexity index is 519. The Hall–Kier alpha value is -2.08. The molecule has 0 bridgehead atoms. The predicted octanol–water partition coefficient (Wildman–Crippen LogP) is 0.248. The summed E-state index contributed by atoms with van der Waals surface area (Å²) in [6.07, 6.45) is 1.54. The number of nitrogens with zero attached hydrogens (tertiary/aromatic N) is 1. The first-order valence-electron chi connectivity index (χ1n) is 7.09. The van der Waals surface area contributed by atoms with Gasteiger partial charge in [-0.1, -0.05) is 12.1 Å². The van der Waals surface area contributed by atoms with E-state index in [1.165, 1.54) is 0 Å². The van der Waals surface area contributed by atoms with E-state index in [4.69, 9.17) is 16.2 Å². The van der Waals surface area contributed by atoms with Gasteiger partial charge < -0.3 is 21.1 Å². The van der Waals surface area contributed by atoms with E-state index in [0.717, 1.165) is 18.4 Å². The average Bonchev–Trinajstić information content (AvgIpc) is 2.53. The van der Waals surface area contributed by atoms with E-state index in [-0.39, 0.29) is 24.3 Å². The van der Waals surface area contributed by atoms with Crippen LogP contribution < -0.4 is 16.2 Å². The first-order chi connectivity index (χ1) is 10.1. The third kappa shape index (κ3) is 4.19. The molecule has 0 aromatic heterocycles. The van der Waals surface area contributed by atoms with Gasteiger partial charge in [0, 0.05) is 19.6 Å². The highest BCUT2D eigenvalue weighted by Gasteiger charge is 2.26. The van der Waals surface area contributed by atoms with Crippen LogP contribution in [0.5, 0.6) is 5.75 Å². The Labute approximate surface area is 124 Å². The van der Waals surface area contributed by atoms with E-state index in [1.54, 1.807) is 11.0 Å². The fraction of sp³-hybridized carbons (Fsp3) is 0.467. The third-order valence-corrected chi connectivity index (χ3v) is 3.67. The predicted molar refractivity (Wildman–Crippen MR) is 78.3 cm³/mol. The van der Waals surface area contributed by atoms with Crippen LogP contribution in [0.15, 0.2) is 24.3 Å². The Balaban J connectivity index is 1.87. The number of rotatable bonds is 5. The molecule has 4 N–H and O–H groups in total. The summed E-state index contributed by atoms with van der Waals surface area (Å²) in [5, 5.41) is 0. The first-order valence-corrected chi connectivity index (χ1v) is 7.09. The number of hydrogen-bond donors (Lipinski definition) is 2. The summed E-state index contributed by atoms with van der Waals surface area (Å²) >= 11 is 0. The molecular formula is C15H21N3O3. The number of benzene rings is 1. The van der Waals surface area contributed by atoms with Crippen molar-refractivity contribution >= 4 is 11.8 Å². The standard InChI is InChI=1S/C15H21N3O3/c16-8-11-3-1-5-13(7-11)21-10-14(19)18-6-2-4-12(9-18)15(17)20/h1,3,5,7,12H,2,4,6,8-10,16H2,(H2,17,20). The van der Waals surface area contributed by atoms with Crippen LogP contribution >= 0.6 is 0 Å². The summed E-state index contributed by atoms with van der Waals surface area (Å²) in [4.78, 5) is 25.0. The third-order valence-electron chi connectivity index (χ3n) is 3.67. The SMILES string of the molecule is NCc1cccc(OCC(=O)N2CCCC(C(N)=O)C2)c1. The van der Waals surface area contributed by atoms with Gasteiger partial charge in [0.2, 0.25) is 5.91 Å². The lowest BCUT2D eigenvalue weighted by atomic mass is 9.97. The smallest absolute Gasteiger partial charge is 0.260 e. The molecule has 6 nitrogen and oxygen atoms in total. The zero-order valence-electron chi connectivity index (χ0n) is 12.0. The number of amides is 2. The summed E-state index contributed by atoms with van der Waals surface area (Å²) in [7, 11) is 0. The molecule has 1 saturated heterocycles. The highest BCUT2D eigenvalue weighted by Crippen LogP contribution is 2.17. The number of likely N-dealkylation sites (tertiary alicyclic amines) is 1. The zero-order chi connectivity index (χ0) is 15.2. The first kappa shape index (κ1) is 15.3. The maximum absolute atomic E-state index is 12.1. The van der Waals surface area contributed by atoms with Crippen molar-refractivity contribution in [1.82, 2.24) is 4.90 Å². The lowest BCUT2D eigenvalue weighted by Crippen LogP contribution is -2.45. The van der Waals surface area contributed by atoms with Crippen LogP contribution in [0.25, 0.3) is 0 Å². The molecule has 2 amide bonds. The number of piperidine rings is 1. The molecule has 0 radical (unpaired) electrons. The minimum atomic E-state index is -0.343. The molecular weight excluding hydrogens is 270 g/mol. The molecule has 1 aliphatic heterocycles. The van der Waals surface area contributed by atoms with Crippen LogP contribution in [0.1, 0.15) is 18.4 Å². The summed E-state index contributed by atoms with van der Waals surface area (Å²) in [5.41, 5.74) is 11.8. The maximum Gasteiger partial charge on any atom is 0.260 e. The molecule has 1 unspecified atom stereocenters. The number of carbonyl (C=O) groups excluding carboxylic acids is 2. The van der Waals surface area contributed by atoms with Crippen LogP contribution in [-0.2, 0) is 16.1 Å². The number of nitrogens with two attached hydrogens (primary N) is 2. The molecule has 21 heavy (non-hydrogen) atoms. The van der Waals surface area contributed by atoms with Crippen molar-refractivity contribution in [3.05, 3.63) is 29.8 Å². The number of primary amides is 1. The highest BCUT2D eigenvalue weighted by molar-refractivity contribution is 5.81. The minimum absolute atomic E-state index is 0.0422. The van der Waals surface area contributed by atoms with Crippen LogP contribution in [0.4, 0.5) is 0 Å². The molecule has 0 saturated carbocycles. The summed E-state index contributed by atoms with van der Waals surface area (Å²) < 4.78 is 5.50. The number of ether oxygens (including phenoxy) is 1. The fourth-order valence-corrected chi connectivity index (χ4v) is 2.43. The van der Waals surface area contributed by atoms with Crippen LogP contribution in [0, 0.1) is 5.92 Å². The summed E-state index contributed by atoms with van der Waals surface area (Å²) in [6, 6.07) is 7.34. The van der Waals surface area contributed by atoms with Gasteiger partial charge in [-0.05, 0) is 30.5 Å². The quantitative estimate of drug-likeness (QED) is 0.812. The minimum Gasteiger partial charge on any atom is -0.484 e. The van der Waals surface area contributed by atoms with Gasteiger partial charge in [0.05, 0.1) is 5.92 Å². The molecule has 1 fully saturated rings. The van der Waals surface area contributed by atoms with Crippen molar-refractivity contribution in [2.45, 2.75) is 19.4 Å². The van der Waals surface area contributed by atoms with E-state index in [2.05, 4.69) is 0 Å². The molecule has 1 atom stereocenters. The second kappa shape index (κ2) is 7.08. The maximum atomic E-state index is 12.1. The van der Waals surface area contributed by atoms with E-state index >= 15 is 0 Å². The monoisotopic (exact) mass is 291 g/mol. The van der Waals surface area contributed by atoms with Gasteiger partial charge in [0.1, 0.15) is 5.75 Å². The van der Waals surface area contributed by atoms with Gasteiger partial charge in [0.15, 0.2) is 6.61 Å². The molecule has 1 heterocycles. The van der Waals surface area contributed by atoms with Crippen LogP contribution in [0.2, 0.25) is 0 Å². The Morgan fingerprint density at radius 1 is 1.38 bits per heavy atom. The molecule has 6 heteroatoms. The van der Waals surface area contributed by atoms with E-state index in [9.17, 15) is 9.59 Å². The molecule has 0 aliphatic carbocycles. The average molecular weight is 291 g/mol. The zero-order valence-corrected chi connectivity index (χ0v) is 12.0. The van der Waals surface area contributed by atoms with Gasteiger partial charge in [-0.2, -0.15) is 0 Å². The highest BCUT2D eigenvalue weighted by atomic mass is 16.5. The molecule has 2 rings (SSSR count). The fourth-order valence-electron chi connectivity index (χ4n) is 2.43. The molecule has 0 spiro atoms. The summed E-state index contributed by atoms with van der Waals surface area (Å²) in [6.45, 7) is 1.42. The van der Waals surface area contributed by atoms with Gasteiger partial charge >= 0.3 is 0 Å². The number of hydrogen-bond acceptors (Lipinski definition) is 4. The van der Waals surface area contributed by atoms with E-state index in [1.807, 2.05) is 18.2 Å². The van der Waals surface area contributed by atoms with Crippen molar-refractivity contribution in [2.24, 2.45) is 17.4 Å². The van der Waals surface area contributed by atoms with Crippen LogP contribution in [-0.4, -0.2) is 36.4 Å². The molecule has 1 aliphatic rings. The normalized spacial score (nSPS) is 18.3. The van der Waals surface area contributed by atoms with Gasteiger partial charge in [-0.3, -0.25) is 9.59 Å².